The Hall–Kier alpha value is -0.860. The number of nitrogens with two attached hydrogens (primary N) is 1. The number of rotatable bonds is 3. The average molecular weight is 274 g/mol. The van der Waals surface area contributed by atoms with Crippen molar-refractivity contribution >= 4 is 0 Å². The van der Waals surface area contributed by atoms with E-state index in [0.717, 1.165) is 5.92 Å². The van der Waals surface area contributed by atoms with Crippen molar-refractivity contribution in [1.29, 1.82) is 0 Å². The molecule has 2 nitrogen and oxygen atoms in total. The molecule has 1 saturated heterocycles. The van der Waals surface area contributed by atoms with E-state index < -0.39 is 0 Å². The summed E-state index contributed by atoms with van der Waals surface area (Å²) in [5.74, 6) is 0.772. The maximum atomic E-state index is 6.31. The van der Waals surface area contributed by atoms with Gasteiger partial charge in [-0.15, -0.1) is 0 Å². The third-order valence-electron chi connectivity index (χ3n) is 4.72. The van der Waals surface area contributed by atoms with Gasteiger partial charge < -0.3 is 5.73 Å². The van der Waals surface area contributed by atoms with Crippen LogP contribution < -0.4 is 5.73 Å². The topological polar surface area (TPSA) is 29.3 Å². The minimum atomic E-state index is 0.163. The Morgan fingerprint density at radius 2 is 2.00 bits per heavy atom. The quantitative estimate of drug-likeness (QED) is 0.909. The van der Waals surface area contributed by atoms with E-state index in [4.69, 9.17) is 5.73 Å². The molecule has 0 aliphatic carbocycles. The standard InChI is InChI=1S/C18H30N2/c1-13-7-6-8-15(11-13)17(14(2)19)20-10-9-16(12-20)18(3,4)5/h6-8,11,14,16-17H,9-10,12,19H2,1-5H3. The maximum Gasteiger partial charge on any atom is 0.0496 e. The predicted octanol–water partition coefficient (Wildman–Crippen LogP) is 3.75. The summed E-state index contributed by atoms with van der Waals surface area (Å²) < 4.78 is 0. The number of likely N-dealkylation sites (tertiary alicyclic amines) is 1. The van der Waals surface area contributed by atoms with Crippen LogP contribution in [-0.4, -0.2) is 24.0 Å². The predicted molar refractivity (Wildman–Crippen MR) is 86.7 cm³/mol. The smallest absolute Gasteiger partial charge is 0.0496 e. The zero-order valence-corrected chi connectivity index (χ0v) is 13.7. The zero-order valence-electron chi connectivity index (χ0n) is 13.7. The van der Waals surface area contributed by atoms with Gasteiger partial charge in [0.2, 0.25) is 0 Å². The lowest BCUT2D eigenvalue weighted by Gasteiger charge is -2.33. The Labute approximate surface area is 124 Å². The highest BCUT2D eigenvalue weighted by Crippen LogP contribution is 2.37. The SMILES string of the molecule is Cc1cccc(C(C(C)N)N2CCC(C(C)(C)C)C2)c1. The largest absolute Gasteiger partial charge is 0.326 e. The molecule has 2 rings (SSSR count). The van der Waals surface area contributed by atoms with Crippen LogP contribution in [0.3, 0.4) is 0 Å². The lowest BCUT2D eigenvalue weighted by Crippen LogP contribution is -2.39. The highest BCUT2D eigenvalue weighted by Gasteiger charge is 2.36. The van der Waals surface area contributed by atoms with E-state index in [2.05, 4.69) is 63.8 Å². The van der Waals surface area contributed by atoms with Crippen molar-refractivity contribution < 1.29 is 0 Å². The Morgan fingerprint density at radius 3 is 2.50 bits per heavy atom. The van der Waals surface area contributed by atoms with Gasteiger partial charge >= 0.3 is 0 Å². The first-order valence-electron chi connectivity index (χ1n) is 7.85. The molecule has 0 bridgehead atoms. The van der Waals surface area contributed by atoms with Gasteiger partial charge in [-0.1, -0.05) is 50.6 Å². The summed E-state index contributed by atoms with van der Waals surface area (Å²) >= 11 is 0. The molecule has 2 heteroatoms. The van der Waals surface area contributed by atoms with Crippen molar-refractivity contribution in [3.63, 3.8) is 0 Å². The van der Waals surface area contributed by atoms with E-state index in [1.807, 2.05) is 0 Å². The van der Waals surface area contributed by atoms with Gasteiger partial charge in [-0.25, -0.2) is 0 Å². The molecule has 1 aliphatic heterocycles. The van der Waals surface area contributed by atoms with Crippen molar-refractivity contribution in [2.45, 2.75) is 53.1 Å². The molecule has 112 valence electrons. The number of nitrogens with zero attached hydrogens (tertiary/aromatic N) is 1. The number of hydrogen-bond donors (Lipinski definition) is 1. The van der Waals surface area contributed by atoms with Gasteiger partial charge in [0, 0.05) is 18.6 Å². The van der Waals surface area contributed by atoms with Crippen LogP contribution in [0.25, 0.3) is 0 Å². The normalized spacial score (nSPS) is 23.8. The van der Waals surface area contributed by atoms with Crippen molar-refractivity contribution in [2.24, 2.45) is 17.1 Å². The fourth-order valence-corrected chi connectivity index (χ4v) is 3.45. The molecule has 1 aliphatic rings. The lowest BCUT2D eigenvalue weighted by molar-refractivity contribution is 0.180. The van der Waals surface area contributed by atoms with Crippen molar-refractivity contribution in [3.05, 3.63) is 35.4 Å². The van der Waals surface area contributed by atoms with Crippen LogP contribution in [0.15, 0.2) is 24.3 Å². The van der Waals surface area contributed by atoms with E-state index in [1.54, 1.807) is 0 Å². The Morgan fingerprint density at radius 1 is 1.30 bits per heavy atom. The van der Waals surface area contributed by atoms with Crippen LogP contribution in [0.1, 0.15) is 51.3 Å². The molecule has 0 radical (unpaired) electrons. The first-order chi connectivity index (χ1) is 9.29. The fourth-order valence-electron chi connectivity index (χ4n) is 3.45. The van der Waals surface area contributed by atoms with Crippen molar-refractivity contribution in [3.8, 4) is 0 Å². The van der Waals surface area contributed by atoms with Gasteiger partial charge in [-0.3, -0.25) is 4.90 Å². The summed E-state index contributed by atoms with van der Waals surface area (Å²) in [6, 6.07) is 9.34. The molecule has 20 heavy (non-hydrogen) atoms. The first-order valence-corrected chi connectivity index (χ1v) is 7.85. The summed E-state index contributed by atoms with van der Waals surface area (Å²) in [5.41, 5.74) is 9.39. The maximum absolute atomic E-state index is 6.31. The molecule has 0 saturated carbocycles. The molecule has 1 fully saturated rings. The molecule has 3 atom stereocenters. The molecule has 1 heterocycles. The number of benzene rings is 1. The highest BCUT2D eigenvalue weighted by atomic mass is 15.2. The summed E-state index contributed by atoms with van der Waals surface area (Å²) in [5, 5.41) is 0. The Kier molecular flexibility index (Phi) is 4.55. The molecule has 1 aromatic carbocycles. The van der Waals surface area contributed by atoms with Gasteiger partial charge in [-0.2, -0.15) is 0 Å². The van der Waals surface area contributed by atoms with E-state index >= 15 is 0 Å². The monoisotopic (exact) mass is 274 g/mol. The van der Waals surface area contributed by atoms with Crippen molar-refractivity contribution in [2.75, 3.05) is 13.1 Å². The second-order valence-corrected chi connectivity index (χ2v) is 7.56. The van der Waals surface area contributed by atoms with Crippen LogP contribution in [-0.2, 0) is 0 Å². The molecule has 2 N–H and O–H groups in total. The molecule has 0 aromatic heterocycles. The van der Waals surface area contributed by atoms with Crippen molar-refractivity contribution in [1.82, 2.24) is 4.90 Å². The van der Waals surface area contributed by atoms with Crippen LogP contribution in [0.2, 0.25) is 0 Å². The Bertz CT molecular complexity index is 445. The summed E-state index contributed by atoms with van der Waals surface area (Å²) in [6.07, 6.45) is 1.29. The van der Waals surface area contributed by atoms with Crippen LogP contribution >= 0.6 is 0 Å². The van der Waals surface area contributed by atoms with Gasteiger partial charge in [0.1, 0.15) is 0 Å². The average Bonchev–Trinajstić information content (AvgIpc) is 2.77. The molecule has 1 aromatic rings. The van der Waals surface area contributed by atoms with Gasteiger partial charge in [0.15, 0.2) is 0 Å². The minimum absolute atomic E-state index is 0.163. The summed E-state index contributed by atoms with van der Waals surface area (Å²) in [6.45, 7) is 13.7. The highest BCUT2D eigenvalue weighted by molar-refractivity contribution is 5.26. The summed E-state index contributed by atoms with van der Waals surface area (Å²) in [4.78, 5) is 2.59. The van der Waals surface area contributed by atoms with Crippen LogP contribution in [0.4, 0.5) is 0 Å². The van der Waals surface area contributed by atoms with Gasteiger partial charge in [0.05, 0.1) is 0 Å². The van der Waals surface area contributed by atoms with E-state index in [0.29, 0.717) is 11.5 Å². The summed E-state index contributed by atoms with van der Waals surface area (Å²) in [7, 11) is 0. The number of aryl methyl sites for hydroxylation is 1. The molecule has 0 amide bonds. The van der Waals surface area contributed by atoms with Gasteiger partial charge in [0.25, 0.3) is 0 Å². The third kappa shape index (κ3) is 3.42. The molecule has 3 unspecified atom stereocenters. The van der Waals surface area contributed by atoms with E-state index in [-0.39, 0.29) is 6.04 Å². The molecule has 0 spiro atoms. The Balaban J connectivity index is 2.19. The van der Waals surface area contributed by atoms with Crippen LogP contribution in [0.5, 0.6) is 0 Å². The lowest BCUT2D eigenvalue weighted by atomic mass is 9.80. The zero-order chi connectivity index (χ0) is 14.9. The second-order valence-electron chi connectivity index (χ2n) is 7.56. The van der Waals surface area contributed by atoms with E-state index in [9.17, 15) is 0 Å². The van der Waals surface area contributed by atoms with Gasteiger partial charge in [-0.05, 0) is 43.7 Å². The third-order valence-corrected chi connectivity index (χ3v) is 4.72. The van der Waals surface area contributed by atoms with E-state index in [1.165, 1.54) is 30.6 Å². The van der Waals surface area contributed by atoms with Crippen LogP contribution in [0, 0.1) is 18.3 Å². The second kappa shape index (κ2) is 5.87. The molecular weight excluding hydrogens is 244 g/mol. The first kappa shape index (κ1) is 15.5. The number of hydrogen-bond acceptors (Lipinski definition) is 2. The fraction of sp³-hybridized carbons (Fsp3) is 0.667. The molecular formula is C18H30N2. The minimum Gasteiger partial charge on any atom is -0.326 e.